The van der Waals surface area contributed by atoms with Gasteiger partial charge in [0.2, 0.25) is 0 Å². The Hall–Kier alpha value is -1.94. The highest BCUT2D eigenvalue weighted by Crippen LogP contribution is 2.23. The summed E-state index contributed by atoms with van der Waals surface area (Å²) in [6.07, 6.45) is 1.96. The molecule has 0 saturated heterocycles. The van der Waals surface area contributed by atoms with Gasteiger partial charge in [-0.05, 0) is 49.1 Å². The minimum atomic E-state index is -0.668. The van der Waals surface area contributed by atoms with Gasteiger partial charge in [0.05, 0.1) is 6.61 Å². The van der Waals surface area contributed by atoms with Gasteiger partial charge in [0.25, 0.3) is 0 Å². The summed E-state index contributed by atoms with van der Waals surface area (Å²) < 4.78 is 32.8. The second kappa shape index (κ2) is 7.74. The van der Waals surface area contributed by atoms with E-state index in [1.807, 2.05) is 30.3 Å². The molecule has 0 bridgehead atoms. The van der Waals surface area contributed by atoms with Crippen LogP contribution in [0.3, 0.4) is 0 Å². The lowest BCUT2D eigenvalue weighted by atomic mass is 10.1. The predicted octanol–water partition coefficient (Wildman–Crippen LogP) is 3.48. The molecule has 0 spiro atoms. The van der Waals surface area contributed by atoms with E-state index in [1.165, 1.54) is 17.7 Å². The van der Waals surface area contributed by atoms with E-state index in [1.54, 1.807) is 0 Å². The molecule has 2 rings (SSSR count). The summed E-state index contributed by atoms with van der Waals surface area (Å²) in [5.74, 6) is -1.64. The summed E-state index contributed by atoms with van der Waals surface area (Å²) >= 11 is 0. The summed E-state index contributed by atoms with van der Waals surface area (Å²) in [7, 11) is 0. The maximum absolute atomic E-state index is 13.8. The molecule has 0 heterocycles. The fraction of sp³-hybridized carbons (Fsp3) is 0.294. The highest BCUT2D eigenvalue weighted by atomic mass is 19.1. The van der Waals surface area contributed by atoms with Gasteiger partial charge in [-0.3, -0.25) is 0 Å². The summed E-state index contributed by atoms with van der Waals surface area (Å²) in [5, 5.41) is 0. The Morgan fingerprint density at radius 3 is 2.19 bits per heavy atom. The van der Waals surface area contributed by atoms with Crippen LogP contribution >= 0.6 is 0 Å². The second-order valence-corrected chi connectivity index (χ2v) is 4.86. The topological polar surface area (TPSA) is 35.2 Å². The van der Waals surface area contributed by atoms with Gasteiger partial charge in [-0.2, -0.15) is 0 Å². The molecule has 4 heteroatoms. The minimum Gasteiger partial charge on any atom is -0.488 e. The Balaban J connectivity index is 1.88. The van der Waals surface area contributed by atoms with E-state index in [0.717, 1.165) is 6.42 Å². The molecular formula is C17H19F2NO. The quantitative estimate of drug-likeness (QED) is 0.793. The van der Waals surface area contributed by atoms with Crippen molar-refractivity contribution in [1.82, 2.24) is 0 Å². The number of aryl methyl sites for hydroxylation is 1. The minimum absolute atomic E-state index is 0.277. The van der Waals surface area contributed by atoms with Crippen LogP contribution in [0.4, 0.5) is 8.78 Å². The van der Waals surface area contributed by atoms with E-state index in [4.69, 9.17) is 10.5 Å². The first-order valence-corrected chi connectivity index (χ1v) is 7.05. The van der Waals surface area contributed by atoms with Crippen LogP contribution in [0.5, 0.6) is 5.75 Å². The molecule has 0 atom stereocenters. The van der Waals surface area contributed by atoms with E-state index in [0.29, 0.717) is 24.9 Å². The maximum atomic E-state index is 13.8. The van der Waals surface area contributed by atoms with E-state index in [-0.39, 0.29) is 12.4 Å². The van der Waals surface area contributed by atoms with Crippen LogP contribution in [0, 0.1) is 11.6 Å². The Morgan fingerprint density at radius 1 is 0.905 bits per heavy atom. The molecule has 0 saturated carbocycles. The second-order valence-electron chi connectivity index (χ2n) is 4.86. The van der Waals surface area contributed by atoms with Crippen molar-refractivity contribution in [2.24, 2.45) is 5.73 Å². The molecular weight excluding hydrogens is 272 g/mol. The summed E-state index contributed by atoms with van der Waals surface area (Å²) in [6.45, 7) is 0.634. The Kier molecular flexibility index (Phi) is 5.69. The van der Waals surface area contributed by atoms with Crippen LogP contribution in [0.2, 0.25) is 0 Å². The fourth-order valence-electron chi connectivity index (χ4n) is 2.16. The van der Waals surface area contributed by atoms with Gasteiger partial charge < -0.3 is 10.5 Å². The fourth-order valence-corrected chi connectivity index (χ4v) is 2.16. The van der Waals surface area contributed by atoms with E-state index in [2.05, 4.69) is 0 Å². The summed E-state index contributed by atoms with van der Waals surface area (Å²) in [5.41, 5.74) is 7.10. The number of rotatable bonds is 7. The lowest BCUT2D eigenvalue weighted by Gasteiger charge is -2.10. The number of hydrogen-bond donors (Lipinski definition) is 1. The zero-order chi connectivity index (χ0) is 15.1. The lowest BCUT2D eigenvalue weighted by molar-refractivity contribution is 0.279. The van der Waals surface area contributed by atoms with Crippen molar-refractivity contribution in [3.63, 3.8) is 0 Å². The Morgan fingerprint density at radius 2 is 1.57 bits per heavy atom. The van der Waals surface area contributed by atoms with Crippen molar-refractivity contribution in [2.45, 2.75) is 19.3 Å². The standard InChI is InChI=1S/C17H19F2NO/c18-15-11-14(8-9-20)12-16(19)17(15)21-10-4-7-13-5-2-1-3-6-13/h1-3,5-6,11-12H,4,7-10,20H2. The van der Waals surface area contributed by atoms with Crippen LogP contribution in [0.25, 0.3) is 0 Å². The first-order valence-electron chi connectivity index (χ1n) is 7.05. The molecule has 0 aliphatic carbocycles. The van der Waals surface area contributed by atoms with Gasteiger partial charge in [-0.25, -0.2) is 8.78 Å². The summed E-state index contributed by atoms with van der Waals surface area (Å²) in [4.78, 5) is 0. The van der Waals surface area contributed by atoms with E-state index in [9.17, 15) is 8.78 Å². The molecule has 0 aliphatic heterocycles. The predicted molar refractivity (Wildman–Crippen MR) is 79.4 cm³/mol. The van der Waals surface area contributed by atoms with Crippen LogP contribution in [-0.2, 0) is 12.8 Å². The van der Waals surface area contributed by atoms with Gasteiger partial charge in [0, 0.05) is 0 Å². The third-order valence-corrected chi connectivity index (χ3v) is 3.19. The van der Waals surface area contributed by atoms with Crippen molar-refractivity contribution < 1.29 is 13.5 Å². The molecule has 2 N–H and O–H groups in total. The monoisotopic (exact) mass is 291 g/mol. The lowest BCUT2D eigenvalue weighted by Crippen LogP contribution is -2.06. The van der Waals surface area contributed by atoms with Crippen LogP contribution in [0.15, 0.2) is 42.5 Å². The first kappa shape index (κ1) is 15.4. The number of nitrogens with two attached hydrogens (primary N) is 1. The zero-order valence-electron chi connectivity index (χ0n) is 11.8. The van der Waals surface area contributed by atoms with Crippen LogP contribution in [0.1, 0.15) is 17.5 Å². The average molecular weight is 291 g/mol. The molecule has 112 valence electrons. The van der Waals surface area contributed by atoms with Crippen molar-refractivity contribution in [1.29, 1.82) is 0 Å². The normalized spacial score (nSPS) is 10.6. The number of hydrogen-bond acceptors (Lipinski definition) is 2. The molecule has 2 aromatic rings. The van der Waals surface area contributed by atoms with Crippen molar-refractivity contribution in [3.05, 3.63) is 65.2 Å². The zero-order valence-corrected chi connectivity index (χ0v) is 11.8. The molecule has 0 amide bonds. The van der Waals surface area contributed by atoms with Gasteiger partial charge in [-0.15, -0.1) is 0 Å². The van der Waals surface area contributed by atoms with Gasteiger partial charge in [-0.1, -0.05) is 30.3 Å². The highest BCUT2D eigenvalue weighted by Gasteiger charge is 2.12. The Labute approximate surface area is 123 Å². The number of benzene rings is 2. The van der Waals surface area contributed by atoms with Crippen molar-refractivity contribution >= 4 is 0 Å². The molecule has 0 aliphatic rings. The van der Waals surface area contributed by atoms with Crippen molar-refractivity contribution in [3.8, 4) is 5.75 Å². The van der Waals surface area contributed by atoms with Crippen LogP contribution < -0.4 is 10.5 Å². The van der Waals surface area contributed by atoms with E-state index >= 15 is 0 Å². The molecule has 0 aromatic heterocycles. The Bertz CT molecular complexity index is 549. The largest absolute Gasteiger partial charge is 0.488 e. The third kappa shape index (κ3) is 4.53. The maximum Gasteiger partial charge on any atom is 0.190 e. The smallest absolute Gasteiger partial charge is 0.190 e. The van der Waals surface area contributed by atoms with Crippen LogP contribution in [-0.4, -0.2) is 13.2 Å². The van der Waals surface area contributed by atoms with Gasteiger partial charge in [0.15, 0.2) is 17.4 Å². The van der Waals surface area contributed by atoms with Crippen molar-refractivity contribution in [2.75, 3.05) is 13.2 Å². The molecule has 2 nitrogen and oxygen atoms in total. The molecule has 21 heavy (non-hydrogen) atoms. The van der Waals surface area contributed by atoms with E-state index < -0.39 is 11.6 Å². The highest BCUT2D eigenvalue weighted by molar-refractivity contribution is 5.31. The third-order valence-electron chi connectivity index (χ3n) is 3.19. The molecule has 0 unspecified atom stereocenters. The average Bonchev–Trinajstić information content (AvgIpc) is 2.47. The van der Waals surface area contributed by atoms with Gasteiger partial charge in [0.1, 0.15) is 0 Å². The molecule has 2 aromatic carbocycles. The molecule has 0 fully saturated rings. The first-order chi connectivity index (χ1) is 10.2. The SMILES string of the molecule is NCCc1cc(F)c(OCCCc2ccccc2)c(F)c1. The number of halogens is 2. The summed E-state index contributed by atoms with van der Waals surface area (Å²) in [6, 6.07) is 12.5. The van der Waals surface area contributed by atoms with Gasteiger partial charge >= 0.3 is 0 Å². The molecule has 0 radical (unpaired) electrons. The number of ether oxygens (including phenoxy) is 1.